The van der Waals surface area contributed by atoms with Crippen molar-refractivity contribution in [1.29, 1.82) is 0 Å². The third-order valence-corrected chi connectivity index (χ3v) is 4.30. The molecule has 7 heteroatoms. The number of carboxylic acids is 1. The average Bonchev–Trinajstić information content (AvgIpc) is 3.01. The fourth-order valence-corrected chi connectivity index (χ4v) is 2.97. The van der Waals surface area contributed by atoms with Gasteiger partial charge in [0.15, 0.2) is 0 Å². The maximum absolute atomic E-state index is 12.4. The molecule has 1 amide bonds. The highest BCUT2D eigenvalue weighted by atomic mass is 16.5. The standard InChI is InChI=1S/C18H25NO6/c1-23-14-5-7-15(8-6-14)25-9-3-4-17(20)19-12-16(24-2)10-13(19)11-18(21)22/h5-8,13,16H,3-4,9-12H2,1-2H3,(H,21,22). The monoisotopic (exact) mass is 351 g/mol. The van der Waals surface area contributed by atoms with Crippen molar-refractivity contribution in [3.63, 3.8) is 0 Å². The number of methoxy groups -OCH3 is 2. The van der Waals surface area contributed by atoms with Gasteiger partial charge in [-0.25, -0.2) is 0 Å². The van der Waals surface area contributed by atoms with Crippen molar-refractivity contribution in [2.45, 2.75) is 37.8 Å². The van der Waals surface area contributed by atoms with Gasteiger partial charge in [-0.3, -0.25) is 9.59 Å². The number of likely N-dealkylation sites (tertiary alicyclic amines) is 1. The lowest BCUT2D eigenvalue weighted by Gasteiger charge is -2.23. The molecule has 1 heterocycles. The van der Waals surface area contributed by atoms with E-state index in [1.54, 1.807) is 19.1 Å². The summed E-state index contributed by atoms with van der Waals surface area (Å²) in [4.78, 5) is 25.0. The minimum absolute atomic E-state index is 0.0477. The molecule has 1 aromatic rings. The van der Waals surface area contributed by atoms with E-state index in [-0.39, 0.29) is 24.5 Å². The van der Waals surface area contributed by atoms with E-state index in [9.17, 15) is 9.59 Å². The van der Waals surface area contributed by atoms with Crippen LogP contribution in [0, 0.1) is 0 Å². The molecule has 1 aliphatic heterocycles. The van der Waals surface area contributed by atoms with E-state index in [0.717, 1.165) is 11.5 Å². The van der Waals surface area contributed by atoms with Gasteiger partial charge in [0.1, 0.15) is 11.5 Å². The molecule has 1 N–H and O–H groups in total. The van der Waals surface area contributed by atoms with Crippen molar-refractivity contribution in [3.05, 3.63) is 24.3 Å². The summed E-state index contributed by atoms with van der Waals surface area (Å²) in [7, 11) is 3.19. The number of ether oxygens (including phenoxy) is 3. The number of rotatable bonds is 9. The molecule has 1 aliphatic rings. The van der Waals surface area contributed by atoms with E-state index in [4.69, 9.17) is 19.3 Å². The van der Waals surface area contributed by atoms with Gasteiger partial charge in [0.2, 0.25) is 5.91 Å². The fraction of sp³-hybridized carbons (Fsp3) is 0.556. The fourth-order valence-electron chi connectivity index (χ4n) is 2.97. The molecule has 1 saturated heterocycles. The molecule has 0 aliphatic carbocycles. The number of carboxylic acid groups (broad SMARTS) is 1. The quantitative estimate of drug-likeness (QED) is 0.685. The van der Waals surface area contributed by atoms with Gasteiger partial charge in [0.25, 0.3) is 0 Å². The first-order valence-corrected chi connectivity index (χ1v) is 8.34. The molecule has 25 heavy (non-hydrogen) atoms. The molecule has 1 fully saturated rings. The van der Waals surface area contributed by atoms with E-state index in [1.807, 2.05) is 24.3 Å². The Kier molecular flexibility index (Phi) is 7.06. The van der Waals surface area contributed by atoms with Gasteiger partial charge in [-0.2, -0.15) is 0 Å². The number of nitrogens with zero attached hydrogens (tertiary/aromatic N) is 1. The van der Waals surface area contributed by atoms with Crippen LogP contribution < -0.4 is 9.47 Å². The van der Waals surface area contributed by atoms with Gasteiger partial charge in [-0.15, -0.1) is 0 Å². The summed E-state index contributed by atoms with van der Waals surface area (Å²) in [6.45, 7) is 0.871. The molecule has 0 spiro atoms. The van der Waals surface area contributed by atoms with Gasteiger partial charge in [-0.05, 0) is 37.1 Å². The highest BCUT2D eigenvalue weighted by Gasteiger charge is 2.36. The second-order valence-corrected chi connectivity index (χ2v) is 6.02. The van der Waals surface area contributed by atoms with Gasteiger partial charge in [0, 0.05) is 26.1 Å². The number of benzene rings is 1. The van der Waals surface area contributed by atoms with E-state index in [0.29, 0.717) is 32.4 Å². The van der Waals surface area contributed by atoms with Gasteiger partial charge in [0.05, 0.1) is 26.2 Å². The van der Waals surface area contributed by atoms with E-state index < -0.39 is 5.97 Å². The Bertz CT molecular complexity index is 573. The number of carbonyl (C=O) groups excluding carboxylic acids is 1. The van der Waals surface area contributed by atoms with Crippen molar-refractivity contribution in [2.24, 2.45) is 0 Å². The second-order valence-electron chi connectivity index (χ2n) is 6.02. The van der Waals surface area contributed by atoms with Crippen LogP contribution in [0.3, 0.4) is 0 Å². The van der Waals surface area contributed by atoms with Crippen LogP contribution in [0.1, 0.15) is 25.7 Å². The van der Waals surface area contributed by atoms with Crippen LogP contribution >= 0.6 is 0 Å². The molecule has 2 unspecified atom stereocenters. The molecule has 7 nitrogen and oxygen atoms in total. The Balaban J connectivity index is 1.77. The lowest BCUT2D eigenvalue weighted by atomic mass is 10.1. The summed E-state index contributed by atoms with van der Waals surface area (Å²) in [5, 5.41) is 9.00. The van der Waals surface area contributed by atoms with Crippen LogP contribution in [-0.2, 0) is 14.3 Å². The summed E-state index contributed by atoms with van der Waals surface area (Å²) in [6, 6.07) is 6.95. The Hall–Kier alpha value is -2.28. The molecule has 0 radical (unpaired) electrons. The Labute approximate surface area is 147 Å². The van der Waals surface area contributed by atoms with Crippen LogP contribution in [0.5, 0.6) is 11.5 Å². The van der Waals surface area contributed by atoms with Crippen LogP contribution in [0.25, 0.3) is 0 Å². The van der Waals surface area contributed by atoms with Gasteiger partial charge in [-0.1, -0.05) is 0 Å². The largest absolute Gasteiger partial charge is 0.497 e. The highest BCUT2D eigenvalue weighted by Crippen LogP contribution is 2.24. The first-order valence-electron chi connectivity index (χ1n) is 8.34. The molecule has 2 atom stereocenters. The topological polar surface area (TPSA) is 85.3 Å². The summed E-state index contributed by atoms with van der Waals surface area (Å²) in [6.07, 6.45) is 1.32. The number of hydrogen-bond acceptors (Lipinski definition) is 5. The molecule has 1 aromatic carbocycles. The van der Waals surface area contributed by atoms with Crippen molar-refractivity contribution >= 4 is 11.9 Å². The SMILES string of the molecule is COc1ccc(OCCCC(=O)N2CC(OC)CC2CC(=O)O)cc1. The molecule has 2 rings (SSSR count). The summed E-state index contributed by atoms with van der Waals surface area (Å²) in [5.41, 5.74) is 0. The molecule has 0 bridgehead atoms. The maximum atomic E-state index is 12.4. The predicted molar refractivity (Wildman–Crippen MR) is 90.9 cm³/mol. The minimum atomic E-state index is -0.901. The Morgan fingerprint density at radius 3 is 2.48 bits per heavy atom. The molecular formula is C18H25NO6. The zero-order chi connectivity index (χ0) is 18.2. The third-order valence-electron chi connectivity index (χ3n) is 4.30. The summed E-state index contributed by atoms with van der Waals surface area (Å²) in [5.74, 6) is 0.526. The number of aliphatic carboxylic acids is 1. The molecule has 0 saturated carbocycles. The van der Waals surface area contributed by atoms with Crippen LogP contribution in [-0.4, -0.2) is 61.4 Å². The lowest BCUT2D eigenvalue weighted by molar-refractivity contribution is -0.140. The summed E-state index contributed by atoms with van der Waals surface area (Å²) < 4.78 is 16.0. The van der Waals surface area contributed by atoms with Gasteiger partial charge < -0.3 is 24.2 Å². The van der Waals surface area contributed by atoms with Crippen molar-refractivity contribution < 1.29 is 28.9 Å². The maximum Gasteiger partial charge on any atom is 0.305 e. The minimum Gasteiger partial charge on any atom is -0.497 e. The van der Waals surface area contributed by atoms with Crippen LogP contribution in [0.4, 0.5) is 0 Å². The third kappa shape index (κ3) is 5.63. The zero-order valence-corrected chi connectivity index (χ0v) is 14.6. The van der Waals surface area contributed by atoms with Crippen molar-refractivity contribution in [3.8, 4) is 11.5 Å². The van der Waals surface area contributed by atoms with Crippen molar-refractivity contribution in [1.82, 2.24) is 4.90 Å². The highest BCUT2D eigenvalue weighted by molar-refractivity contribution is 5.78. The Morgan fingerprint density at radius 1 is 1.20 bits per heavy atom. The predicted octanol–water partition coefficient (Wildman–Crippen LogP) is 1.94. The van der Waals surface area contributed by atoms with Crippen molar-refractivity contribution in [2.75, 3.05) is 27.4 Å². The van der Waals surface area contributed by atoms with Gasteiger partial charge >= 0.3 is 5.97 Å². The number of hydrogen-bond donors (Lipinski definition) is 1. The van der Waals surface area contributed by atoms with Crippen LogP contribution in [0.15, 0.2) is 24.3 Å². The van der Waals surface area contributed by atoms with E-state index >= 15 is 0 Å². The Morgan fingerprint density at radius 2 is 1.88 bits per heavy atom. The molecule has 0 aromatic heterocycles. The molecular weight excluding hydrogens is 326 g/mol. The van der Waals surface area contributed by atoms with Crippen LogP contribution in [0.2, 0.25) is 0 Å². The first-order chi connectivity index (χ1) is 12.0. The number of amides is 1. The zero-order valence-electron chi connectivity index (χ0n) is 14.6. The summed E-state index contributed by atoms with van der Waals surface area (Å²) >= 11 is 0. The van der Waals surface area contributed by atoms with E-state index in [1.165, 1.54) is 0 Å². The smallest absolute Gasteiger partial charge is 0.305 e. The average molecular weight is 351 g/mol. The second kappa shape index (κ2) is 9.27. The first kappa shape index (κ1) is 19.1. The van der Waals surface area contributed by atoms with E-state index in [2.05, 4.69) is 0 Å². The molecule has 138 valence electrons. The lowest BCUT2D eigenvalue weighted by Crippen LogP contribution is -2.37. The normalized spacial score (nSPS) is 19.7. The number of carbonyl (C=O) groups is 2.